The van der Waals surface area contributed by atoms with Crippen LogP contribution in [0.1, 0.15) is 23.6 Å². The summed E-state index contributed by atoms with van der Waals surface area (Å²) in [6.07, 6.45) is 1.96. The second-order valence-electron chi connectivity index (χ2n) is 4.51. The average Bonchev–Trinajstić information content (AvgIpc) is 2.31. The largest absolute Gasteiger partial charge is 0.371 e. The number of aromatic nitrogens is 2. The molecule has 0 radical (unpaired) electrons. The smallest absolute Gasteiger partial charge is 0.361 e. The second-order valence-corrected chi connectivity index (χ2v) is 4.51. The second kappa shape index (κ2) is 5.14. The lowest BCUT2D eigenvalue weighted by atomic mass is 10.1. The van der Waals surface area contributed by atoms with E-state index < -0.39 is 5.69 Å². The molecule has 0 aliphatic heterocycles. The topological polar surface area (TPSA) is 64.1 Å². The summed E-state index contributed by atoms with van der Waals surface area (Å²) in [5, 5.41) is 0. The van der Waals surface area contributed by atoms with Crippen molar-refractivity contribution in [2.24, 2.45) is 0 Å². The normalized spacial score (nSPS) is 10.5. The Morgan fingerprint density at radius 2 is 1.79 bits per heavy atom. The summed E-state index contributed by atoms with van der Waals surface area (Å²) >= 11 is 0. The monoisotopic (exact) mass is 260 g/mol. The minimum atomic E-state index is -0.582. The van der Waals surface area contributed by atoms with Crippen LogP contribution in [0.2, 0.25) is 0 Å². The molecule has 1 aromatic carbocycles. The number of hydrogen-bond acceptors (Lipinski definition) is 3. The molecule has 19 heavy (non-hydrogen) atoms. The van der Waals surface area contributed by atoms with Crippen LogP contribution in [-0.4, -0.2) is 9.71 Å². The maximum atomic E-state index is 11.7. The van der Waals surface area contributed by atoms with Gasteiger partial charge in [0.25, 0.3) is 5.56 Å². The summed E-state index contributed by atoms with van der Waals surface area (Å²) in [7, 11) is 0. The molecule has 0 atom stereocenters. The minimum absolute atomic E-state index is 0.368. The highest BCUT2D eigenvalue weighted by Gasteiger charge is 2.05. The number of nitrogens with one attached hydrogen (secondary N) is 1. The van der Waals surface area contributed by atoms with Crippen LogP contribution < -0.4 is 16.1 Å². The Morgan fingerprint density at radius 1 is 1.16 bits per heavy atom. The van der Waals surface area contributed by atoms with Gasteiger partial charge in [0.2, 0.25) is 0 Å². The molecule has 0 amide bonds. The zero-order chi connectivity index (χ0) is 14.0. The molecule has 5 heteroatoms. The van der Waals surface area contributed by atoms with Gasteiger partial charge in [0.15, 0.2) is 5.75 Å². The highest BCUT2D eigenvalue weighted by molar-refractivity contribution is 5.32. The molecule has 2 aromatic rings. The van der Waals surface area contributed by atoms with E-state index in [0.717, 1.165) is 15.9 Å². The van der Waals surface area contributed by atoms with E-state index in [1.165, 1.54) is 6.20 Å². The number of nitrogens with zero attached hydrogens (tertiary/aromatic N) is 1. The fourth-order valence-electron chi connectivity index (χ4n) is 1.91. The standard InChI is InChI=1S/C14H16N2O3/c1-4-11-8-16(14(18)15-13(11)17)19-12-6-9(2)5-10(3)7-12/h5-8H,4H2,1-3H3,(H,15,17,18). The maximum absolute atomic E-state index is 11.7. The van der Waals surface area contributed by atoms with Crippen molar-refractivity contribution in [3.8, 4) is 5.75 Å². The van der Waals surface area contributed by atoms with Crippen LogP contribution in [0.3, 0.4) is 0 Å². The molecule has 1 N–H and O–H groups in total. The fraction of sp³-hybridized carbons (Fsp3) is 0.286. The average molecular weight is 260 g/mol. The number of rotatable bonds is 3. The van der Waals surface area contributed by atoms with E-state index >= 15 is 0 Å². The van der Waals surface area contributed by atoms with Crippen molar-refractivity contribution in [2.45, 2.75) is 27.2 Å². The molecule has 1 aromatic heterocycles. The van der Waals surface area contributed by atoms with Gasteiger partial charge in [-0.3, -0.25) is 9.78 Å². The first-order valence-electron chi connectivity index (χ1n) is 6.11. The third-order valence-electron chi connectivity index (χ3n) is 2.77. The predicted molar refractivity (Wildman–Crippen MR) is 72.6 cm³/mol. The van der Waals surface area contributed by atoms with Gasteiger partial charge in [-0.15, -0.1) is 4.73 Å². The third-order valence-corrected chi connectivity index (χ3v) is 2.77. The first-order chi connectivity index (χ1) is 8.99. The summed E-state index contributed by atoms with van der Waals surface area (Å²) in [5.41, 5.74) is 1.64. The van der Waals surface area contributed by atoms with E-state index in [1.807, 2.05) is 39.0 Å². The Bertz CT molecular complexity index is 693. The van der Waals surface area contributed by atoms with E-state index in [1.54, 1.807) is 0 Å². The maximum Gasteiger partial charge on any atom is 0.361 e. The molecule has 0 aliphatic rings. The number of H-pyrrole nitrogens is 1. The lowest BCUT2D eigenvalue weighted by molar-refractivity contribution is 0.197. The molecule has 2 rings (SSSR count). The Morgan fingerprint density at radius 3 is 2.37 bits per heavy atom. The molecule has 5 nitrogen and oxygen atoms in total. The fourth-order valence-corrected chi connectivity index (χ4v) is 1.91. The van der Waals surface area contributed by atoms with E-state index in [-0.39, 0.29) is 5.56 Å². The van der Waals surface area contributed by atoms with E-state index in [4.69, 9.17) is 4.84 Å². The van der Waals surface area contributed by atoms with Crippen LogP contribution in [0.5, 0.6) is 5.75 Å². The first kappa shape index (κ1) is 13.1. The van der Waals surface area contributed by atoms with Gasteiger partial charge in [-0.1, -0.05) is 13.0 Å². The van der Waals surface area contributed by atoms with E-state index in [0.29, 0.717) is 17.7 Å². The van der Waals surface area contributed by atoms with Gasteiger partial charge in [-0.2, -0.15) is 0 Å². The molecule has 0 unspecified atom stereocenters. The zero-order valence-corrected chi connectivity index (χ0v) is 11.2. The van der Waals surface area contributed by atoms with Gasteiger partial charge < -0.3 is 4.84 Å². The van der Waals surface area contributed by atoms with Crippen LogP contribution in [0.4, 0.5) is 0 Å². The summed E-state index contributed by atoms with van der Waals surface area (Å²) < 4.78 is 1.05. The van der Waals surface area contributed by atoms with Crippen molar-refractivity contribution < 1.29 is 4.84 Å². The summed E-state index contributed by atoms with van der Waals surface area (Å²) in [6.45, 7) is 5.75. The Balaban J connectivity index is 2.43. The van der Waals surface area contributed by atoms with Crippen molar-refractivity contribution in [3.05, 3.63) is 61.9 Å². The van der Waals surface area contributed by atoms with E-state index in [9.17, 15) is 9.59 Å². The Hall–Kier alpha value is -2.30. The highest BCUT2D eigenvalue weighted by Crippen LogP contribution is 2.16. The van der Waals surface area contributed by atoms with Crippen molar-refractivity contribution >= 4 is 0 Å². The van der Waals surface area contributed by atoms with Crippen LogP contribution in [0.15, 0.2) is 34.0 Å². The van der Waals surface area contributed by atoms with Gasteiger partial charge in [0.05, 0.1) is 6.20 Å². The molecule has 0 saturated carbocycles. The molecule has 0 saturated heterocycles. The third kappa shape index (κ3) is 2.93. The van der Waals surface area contributed by atoms with Crippen LogP contribution in [0, 0.1) is 13.8 Å². The minimum Gasteiger partial charge on any atom is -0.371 e. The van der Waals surface area contributed by atoms with Crippen molar-refractivity contribution in [3.63, 3.8) is 0 Å². The Kier molecular flexibility index (Phi) is 3.55. The van der Waals surface area contributed by atoms with Crippen LogP contribution in [0.25, 0.3) is 0 Å². The van der Waals surface area contributed by atoms with Crippen LogP contribution >= 0.6 is 0 Å². The summed E-state index contributed by atoms with van der Waals surface area (Å²) in [4.78, 5) is 30.9. The quantitative estimate of drug-likeness (QED) is 0.910. The SMILES string of the molecule is CCc1cn(Oc2cc(C)cc(C)c2)c(=O)[nH]c1=O. The number of aromatic amines is 1. The van der Waals surface area contributed by atoms with Gasteiger partial charge in [0.1, 0.15) is 0 Å². The molecule has 0 spiro atoms. The molecular weight excluding hydrogens is 244 g/mol. The van der Waals surface area contributed by atoms with Crippen molar-refractivity contribution in [2.75, 3.05) is 0 Å². The van der Waals surface area contributed by atoms with Gasteiger partial charge in [-0.25, -0.2) is 4.79 Å². The predicted octanol–water partition coefficient (Wildman–Crippen LogP) is 1.56. The summed E-state index contributed by atoms with van der Waals surface area (Å²) in [5.74, 6) is 0.564. The number of benzene rings is 1. The first-order valence-corrected chi connectivity index (χ1v) is 6.11. The molecule has 0 fully saturated rings. The molecule has 100 valence electrons. The molecule has 0 bridgehead atoms. The molecular formula is C14H16N2O3. The zero-order valence-electron chi connectivity index (χ0n) is 11.2. The van der Waals surface area contributed by atoms with Gasteiger partial charge in [-0.05, 0) is 43.5 Å². The van der Waals surface area contributed by atoms with Crippen LogP contribution in [-0.2, 0) is 6.42 Å². The Labute approximate surface area is 110 Å². The van der Waals surface area contributed by atoms with Crippen molar-refractivity contribution in [1.82, 2.24) is 9.71 Å². The number of aryl methyl sites for hydroxylation is 3. The lowest BCUT2D eigenvalue weighted by Gasteiger charge is -2.09. The van der Waals surface area contributed by atoms with Gasteiger partial charge >= 0.3 is 5.69 Å². The van der Waals surface area contributed by atoms with Gasteiger partial charge in [0, 0.05) is 5.56 Å². The molecule has 0 aliphatic carbocycles. The summed E-state index contributed by atoms with van der Waals surface area (Å²) in [6, 6.07) is 5.67. The molecule has 1 heterocycles. The highest BCUT2D eigenvalue weighted by atomic mass is 16.7. The number of hydrogen-bond donors (Lipinski definition) is 1. The van der Waals surface area contributed by atoms with Crippen molar-refractivity contribution in [1.29, 1.82) is 0 Å². The van der Waals surface area contributed by atoms with E-state index in [2.05, 4.69) is 4.98 Å². The lowest BCUT2D eigenvalue weighted by Crippen LogP contribution is -2.33.